The van der Waals surface area contributed by atoms with Gasteiger partial charge in [0.2, 0.25) is 0 Å². The maximum Gasteiger partial charge on any atom is 0.353 e. The first kappa shape index (κ1) is 13.2. The van der Waals surface area contributed by atoms with Gasteiger partial charge in [-0.3, -0.25) is 9.89 Å². The van der Waals surface area contributed by atoms with Crippen LogP contribution in [0.25, 0.3) is 0 Å². The van der Waals surface area contributed by atoms with E-state index >= 15 is 0 Å². The third-order valence-corrected chi connectivity index (χ3v) is 2.87. The van der Waals surface area contributed by atoms with E-state index in [0.29, 0.717) is 0 Å². The second kappa shape index (κ2) is 5.19. The molecule has 0 aliphatic rings. The Labute approximate surface area is 114 Å². The Balaban J connectivity index is 2.15. The van der Waals surface area contributed by atoms with Crippen LogP contribution in [0.3, 0.4) is 0 Å². The van der Waals surface area contributed by atoms with Crippen LogP contribution < -0.4 is 5.32 Å². The van der Waals surface area contributed by atoms with Crippen LogP contribution in [0.5, 0.6) is 0 Å². The molecule has 0 radical (unpaired) electrons. The molecule has 0 bridgehead atoms. The molecule has 1 aromatic carbocycles. The molecule has 1 aromatic heterocycles. The number of amides is 1. The summed E-state index contributed by atoms with van der Waals surface area (Å²) in [6.45, 7) is 0. The number of aromatic amines is 1. The fourth-order valence-electron chi connectivity index (χ4n) is 1.32. The largest absolute Gasteiger partial charge is 0.477 e. The summed E-state index contributed by atoms with van der Waals surface area (Å²) in [4.78, 5) is 22.4. The van der Waals surface area contributed by atoms with Crippen molar-refractivity contribution in [1.29, 1.82) is 0 Å². The molecule has 1 heterocycles. The number of aromatic carboxylic acids is 1. The Bertz CT molecular complexity index is 656. The van der Waals surface area contributed by atoms with Crippen molar-refractivity contribution in [1.82, 2.24) is 10.2 Å². The summed E-state index contributed by atoms with van der Waals surface area (Å²) in [7, 11) is 0. The molecule has 0 saturated heterocycles. The summed E-state index contributed by atoms with van der Waals surface area (Å²) in [5.41, 5.74) is -0.0575. The third-order valence-electron chi connectivity index (χ3n) is 2.23. The predicted molar refractivity (Wildman–Crippen MR) is 67.6 cm³/mol. The van der Waals surface area contributed by atoms with Gasteiger partial charge in [0.25, 0.3) is 5.91 Å². The van der Waals surface area contributed by atoms with Crippen molar-refractivity contribution in [3.63, 3.8) is 0 Å². The highest BCUT2D eigenvalue weighted by molar-refractivity contribution is 9.10. The van der Waals surface area contributed by atoms with Gasteiger partial charge in [0, 0.05) is 11.6 Å². The Morgan fingerprint density at radius 2 is 2.11 bits per heavy atom. The fourth-order valence-corrected chi connectivity index (χ4v) is 1.57. The molecule has 0 unspecified atom stereocenters. The molecule has 19 heavy (non-hydrogen) atoms. The minimum absolute atomic E-state index is 0.0470. The van der Waals surface area contributed by atoms with Crippen LogP contribution in [0.2, 0.25) is 0 Å². The molecule has 1 amide bonds. The number of benzene rings is 1. The maximum atomic E-state index is 13.3. The van der Waals surface area contributed by atoms with Gasteiger partial charge in [-0.2, -0.15) is 5.10 Å². The standard InChI is InChI=1S/C11H7BrFN3O3/c12-6-2-1-5(3-7(6)13)10(17)14-9-4-8(11(18)19)15-16-9/h1-4H,(H,18,19)(H2,14,15,16,17). The maximum absolute atomic E-state index is 13.3. The molecule has 6 nitrogen and oxygen atoms in total. The molecule has 0 atom stereocenters. The van der Waals surface area contributed by atoms with Crippen molar-refractivity contribution in [2.24, 2.45) is 0 Å². The van der Waals surface area contributed by atoms with E-state index < -0.39 is 17.7 Å². The normalized spacial score (nSPS) is 10.2. The molecule has 2 rings (SSSR count). The van der Waals surface area contributed by atoms with E-state index in [2.05, 4.69) is 31.4 Å². The summed E-state index contributed by atoms with van der Waals surface area (Å²) in [5.74, 6) is -2.30. The number of carboxylic acids is 1. The molecule has 0 fully saturated rings. The van der Waals surface area contributed by atoms with E-state index in [1.54, 1.807) is 0 Å². The summed E-state index contributed by atoms with van der Waals surface area (Å²) in [6, 6.07) is 5.05. The minimum atomic E-state index is -1.19. The van der Waals surface area contributed by atoms with Gasteiger partial charge < -0.3 is 10.4 Å². The zero-order valence-corrected chi connectivity index (χ0v) is 10.9. The highest BCUT2D eigenvalue weighted by Gasteiger charge is 2.12. The zero-order valence-electron chi connectivity index (χ0n) is 9.28. The zero-order chi connectivity index (χ0) is 14.0. The Hall–Kier alpha value is -2.22. The number of halogens is 2. The summed E-state index contributed by atoms with van der Waals surface area (Å²) in [5, 5.41) is 16.9. The second-order valence-electron chi connectivity index (χ2n) is 3.56. The van der Waals surface area contributed by atoms with E-state index in [1.165, 1.54) is 12.1 Å². The topological polar surface area (TPSA) is 95.1 Å². The van der Waals surface area contributed by atoms with Crippen LogP contribution in [0, 0.1) is 5.82 Å². The van der Waals surface area contributed by atoms with Crippen molar-refractivity contribution in [2.75, 3.05) is 5.32 Å². The lowest BCUT2D eigenvalue weighted by Gasteiger charge is -2.02. The number of carbonyl (C=O) groups is 2. The molecule has 0 saturated carbocycles. The van der Waals surface area contributed by atoms with E-state index in [9.17, 15) is 14.0 Å². The third kappa shape index (κ3) is 2.97. The first-order valence-electron chi connectivity index (χ1n) is 5.02. The predicted octanol–water partition coefficient (Wildman–Crippen LogP) is 2.26. The number of carboxylic acid groups (broad SMARTS) is 1. The van der Waals surface area contributed by atoms with E-state index in [-0.39, 0.29) is 21.5 Å². The van der Waals surface area contributed by atoms with E-state index in [4.69, 9.17) is 5.11 Å². The molecule has 0 aliphatic carbocycles. The van der Waals surface area contributed by atoms with E-state index in [1.807, 2.05) is 0 Å². The van der Waals surface area contributed by atoms with Gasteiger partial charge in [-0.25, -0.2) is 9.18 Å². The number of nitrogens with zero attached hydrogens (tertiary/aromatic N) is 1. The summed E-state index contributed by atoms with van der Waals surface area (Å²) < 4.78 is 13.5. The number of nitrogens with one attached hydrogen (secondary N) is 2. The smallest absolute Gasteiger partial charge is 0.353 e. The van der Waals surface area contributed by atoms with Gasteiger partial charge in [0.15, 0.2) is 5.82 Å². The van der Waals surface area contributed by atoms with Crippen LogP contribution in [-0.2, 0) is 0 Å². The lowest BCUT2D eigenvalue weighted by Crippen LogP contribution is -2.12. The molecule has 8 heteroatoms. The number of aromatic nitrogens is 2. The molecule has 0 aliphatic heterocycles. The van der Waals surface area contributed by atoms with Crippen LogP contribution >= 0.6 is 15.9 Å². The first-order chi connectivity index (χ1) is 8.97. The van der Waals surface area contributed by atoms with Gasteiger partial charge in [-0.1, -0.05) is 0 Å². The van der Waals surface area contributed by atoms with Gasteiger partial charge in [0.1, 0.15) is 11.5 Å². The summed E-state index contributed by atoms with van der Waals surface area (Å²) >= 11 is 2.98. The number of hydrogen-bond donors (Lipinski definition) is 3. The quantitative estimate of drug-likeness (QED) is 0.805. The Morgan fingerprint density at radius 1 is 1.37 bits per heavy atom. The molecular weight excluding hydrogens is 321 g/mol. The van der Waals surface area contributed by atoms with E-state index in [0.717, 1.165) is 12.1 Å². The van der Waals surface area contributed by atoms with Gasteiger partial charge in [-0.15, -0.1) is 0 Å². The average Bonchev–Trinajstić information content (AvgIpc) is 2.81. The number of carbonyl (C=O) groups excluding carboxylic acids is 1. The van der Waals surface area contributed by atoms with Crippen LogP contribution in [0.15, 0.2) is 28.7 Å². The molecule has 0 spiro atoms. The van der Waals surface area contributed by atoms with Crippen molar-refractivity contribution in [3.8, 4) is 0 Å². The van der Waals surface area contributed by atoms with Gasteiger partial charge >= 0.3 is 5.97 Å². The molecule has 2 aromatic rings. The van der Waals surface area contributed by atoms with Crippen molar-refractivity contribution in [3.05, 3.63) is 45.8 Å². The highest BCUT2D eigenvalue weighted by atomic mass is 79.9. The monoisotopic (exact) mass is 327 g/mol. The van der Waals surface area contributed by atoms with Gasteiger partial charge in [-0.05, 0) is 34.1 Å². The second-order valence-corrected chi connectivity index (χ2v) is 4.41. The van der Waals surface area contributed by atoms with Crippen molar-refractivity contribution in [2.45, 2.75) is 0 Å². The number of rotatable bonds is 3. The number of H-pyrrole nitrogens is 1. The lowest BCUT2D eigenvalue weighted by molar-refractivity contribution is 0.0690. The summed E-state index contributed by atoms with van der Waals surface area (Å²) in [6.07, 6.45) is 0. The molecule has 98 valence electrons. The Kier molecular flexibility index (Phi) is 3.61. The number of anilines is 1. The van der Waals surface area contributed by atoms with Crippen LogP contribution in [0.1, 0.15) is 20.8 Å². The molecular formula is C11H7BrFN3O3. The molecule has 3 N–H and O–H groups in total. The van der Waals surface area contributed by atoms with Crippen molar-refractivity contribution < 1.29 is 19.1 Å². The lowest BCUT2D eigenvalue weighted by atomic mass is 10.2. The van der Waals surface area contributed by atoms with Crippen molar-refractivity contribution >= 4 is 33.6 Å². The van der Waals surface area contributed by atoms with Gasteiger partial charge in [0.05, 0.1) is 4.47 Å². The minimum Gasteiger partial charge on any atom is -0.477 e. The highest BCUT2D eigenvalue weighted by Crippen LogP contribution is 2.17. The van der Waals surface area contributed by atoms with Crippen LogP contribution in [-0.4, -0.2) is 27.2 Å². The fraction of sp³-hybridized carbons (Fsp3) is 0. The van der Waals surface area contributed by atoms with Crippen LogP contribution in [0.4, 0.5) is 10.2 Å². The SMILES string of the molecule is O=C(Nc1cc(C(=O)O)[nH]n1)c1ccc(Br)c(F)c1. The average molecular weight is 328 g/mol. The Morgan fingerprint density at radius 3 is 2.68 bits per heavy atom. The first-order valence-corrected chi connectivity index (χ1v) is 5.82. The number of hydrogen-bond acceptors (Lipinski definition) is 3.